The summed E-state index contributed by atoms with van der Waals surface area (Å²) in [6, 6.07) is 4.79. The number of rotatable bonds is 4. The maximum Gasteiger partial charge on any atom is 0.216 e. The van der Waals surface area contributed by atoms with Crippen LogP contribution in [0.2, 0.25) is 0 Å². The van der Waals surface area contributed by atoms with Crippen LogP contribution < -0.4 is 0 Å². The summed E-state index contributed by atoms with van der Waals surface area (Å²) in [6.07, 6.45) is 0. The number of hydrogen-bond acceptors (Lipinski definition) is 4. The van der Waals surface area contributed by atoms with Crippen molar-refractivity contribution >= 4 is 11.8 Å². The molecule has 2 aliphatic heterocycles. The molecule has 1 aromatic rings. The maximum atomic E-state index is 5.90. The second-order valence-electron chi connectivity index (χ2n) is 7.60. The monoisotopic (exact) mass is 328 g/mol. The molecule has 2 atom stereocenters. The number of hydrogen-bond donors (Lipinski definition) is 0. The summed E-state index contributed by atoms with van der Waals surface area (Å²) in [5.74, 6) is 2.49. The zero-order valence-electron chi connectivity index (χ0n) is 15.6. The minimum absolute atomic E-state index is 0.244. The molecule has 0 amide bonds. The summed E-state index contributed by atoms with van der Waals surface area (Å²) >= 11 is 0. The van der Waals surface area contributed by atoms with Gasteiger partial charge < -0.3 is 9.47 Å². The van der Waals surface area contributed by atoms with Gasteiger partial charge in [0.15, 0.2) is 0 Å². The number of benzene rings is 1. The highest BCUT2D eigenvalue weighted by Gasteiger charge is 2.28. The van der Waals surface area contributed by atoms with Crippen LogP contribution in [0.4, 0.5) is 0 Å². The summed E-state index contributed by atoms with van der Waals surface area (Å²) in [7, 11) is 0. The van der Waals surface area contributed by atoms with Gasteiger partial charge in [0.05, 0.1) is 12.1 Å². The van der Waals surface area contributed by atoms with Crippen molar-refractivity contribution in [2.45, 2.75) is 53.6 Å². The van der Waals surface area contributed by atoms with E-state index in [1.165, 1.54) is 5.56 Å². The number of ether oxygens (including phenoxy) is 2. The molecule has 2 heterocycles. The molecule has 0 bridgehead atoms. The quantitative estimate of drug-likeness (QED) is 0.841. The van der Waals surface area contributed by atoms with Crippen molar-refractivity contribution in [1.82, 2.24) is 0 Å². The zero-order valence-corrected chi connectivity index (χ0v) is 15.6. The van der Waals surface area contributed by atoms with E-state index in [1.807, 2.05) is 0 Å². The Labute approximate surface area is 145 Å². The normalized spacial score (nSPS) is 23.3. The van der Waals surface area contributed by atoms with Gasteiger partial charge in [-0.25, -0.2) is 9.98 Å². The molecule has 130 valence electrons. The molecule has 3 rings (SSSR count). The van der Waals surface area contributed by atoms with Crippen LogP contribution in [0.15, 0.2) is 22.1 Å². The second-order valence-corrected chi connectivity index (χ2v) is 7.60. The van der Waals surface area contributed by atoms with Crippen molar-refractivity contribution in [2.75, 3.05) is 13.2 Å². The molecular weight excluding hydrogens is 300 g/mol. The Morgan fingerprint density at radius 3 is 1.58 bits per heavy atom. The number of nitrogens with zero attached hydrogens (tertiary/aromatic N) is 2. The fourth-order valence-electron chi connectivity index (χ4n) is 3.06. The Bertz CT molecular complexity index is 634. The highest BCUT2D eigenvalue weighted by molar-refractivity contribution is 6.03. The van der Waals surface area contributed by atoms with Gasteiger partial charge in [-0.2, -0.15) is 0 Å². The van der Waals surface area contributed by atoms with Gasteiger partial charge in [-0.05, 0) is 48.9 Å². The first-order valence-corrected chi connectivity index (χ1v) is 8.90. The Hall–Kier alpha value is -1.84. The van der Waals surface area contributed by atoms with Crippen molar-refractivity contribution in [3.05, 3.63) is 34.4 Å². The Kier molecular flexibility index (Phi) is 4.66. The van der Waals surface area contributed by atoms with Crippen molar-refractivity contribution in [2.24, 2.45) is 21.8 Å². The highest BCUT2D eigenvalue weighted by atomic mass is 16.5. The third-order valence-electron chi connectivity index (χ3n) is 4.90. The Balaban J connectivity index is 1.98. The van der Waals surface area contributed by atoms with Gasteiger partial charge in [0.2, 0.25) is 11.8 Å². The van der Waals surface area contributed by atoms with Crippen LogP contribution in [0.1, 0.15) is 49.9 Å². The van der Waals surface area contributed by atoms with E-state index in [4.69, 9.17) is 19.5 Å². The first-order chi connectivity index (χ1) is 11.4. The van der Waals surface area contributed by atoms with Crippen LogP contribution in [-0.2, 0) is 9.47 Å². The molecule has 24 heavy (non-hydrogen) atoms. The molecule has 4 heteroatoms. The van der Waals surface area contributed by atoms with Crippen LogP contribution >= 0.6 is 0 Å². The first-order valence-electron chi connectivity index (χ1n) is 8.90. The van der Waals surface area contributed by atoms with Gasteiger partial charge >= 0.3 is 0 Å². The van der Waals surface area contributed by atoms with Gasteiger partial charge in [0, 0.05) is 11.1 Å². The average molecular weight is 328 g/mol. The van der Waals surface area contributed by atoms with E-state index in [1.54, 1.807) is 0 Å². The molecule has 2 aliphatic rings. The van der Waals surface area contributed by atoms with Gasteiger partial charge in [0.25, 0.3) is 0 Å². The number of aliphatic imine (C=N–C) groups is 2. The Morgan fingerprint density at radius 2 is 1.25 bits per heavy atom. The molecule has 0 radical (unpaired) electrons. The molecule has 0 fully saturated rings. The van der Waals surface area contributed by atoms with Gasteiger partial charge in [0.1, 0.15) is 13.2 Å². The SMILES string of the molecule is Cc1cc(C2=N[C@H](C(C)C)CO2)c(C)c(C2=N[C@H](C(C)C)CO2)c1. The minimum Gasteiger partial charge on any atom is -0.475 e. The average Bonchev–Trinajstić information content (AvgIpc) is 3.17. The van der Waals surface area contributed by atoms with Gasteiger partial charge in [-0.1, -0.05) is 27.7 Å². The molecule has 0 spiro atoms. The summed E-state index contributed by atoms with van der Waals surface area (Å²) in [5, 5.41) is 0. The zero-order chi connectivity index (χ0) is 17.4. The molecule has 0 saturated carbocycles. The molecule has 0 aliphatic carbocycles. The molecule has 0 unspecified atom stereocenters. The van der Waals surface area contributed by atoms with E-state index in [0.29, 0.717) is 25.0 Å². The van der Waals surface area contributed by atoms with E-state index in [2.05, 4.69) is 53.7 Å². The molecule has 4 nitrogen and oxygen atoms in total. The lowest BCUT2D eigenvalue weighted by Crippen LogP contribution is -2.13. The summed E-state index contributed by atoms with van der Waals surface area (Å²) in [5.41, 5.74) is 4.43. The van der Waals surface area contributed by atoms with E-state index in [-0.39, 0.29) is 12.1 Å². The van der Waals surface area contributed by atoms with Gasteiger partial charge in [-0.15, -0.1) is 0 Å². The lowest BCUT2D eigenvalue weighted by molar-refractivity contribution is 0.291. The summed E-state index contributed by atoms with van der Waals surface area (Å²) < 4.78 is 11.8. The number of aryl methyl sites for hydroxylation is 1. The smallest absolute Gasteiger partial charge is 0.216 e. The first kappa shape index (κ1) is 17.0. The summed E-state index contributed by atoms with van der Waals surface area (Å²) in [4.78, 5) is 9.57. The molecular formula is C20H28N2O2. The lowest BCUT2D eigenvalue weighted by atomic mass is 9.98. The van der Waals surface area contributed by atoms with Crippen molar-refractivity contribution in [3.63, 3.8) is 0 Å². The predicted octanol–water partition coefficient (Wildman–Crippen LogP) is 3.91. The van der Waals surface area contributed by atoms with Gasteiger partial charge in [-0.3, -0.25) is 0 Å². The minimum atomic E-state index is 0.244. The van der Waals surface area contributed by atoms with E-state index in [0.717, 1.165) is 28.5 Å². The fraction of sp³-hybridized carbons (Fsp3) is 0.600. The topological polar surface area (TPSA) is 43.2 Å². The third kappa shape index (κ3) is 3.19. The lowest BCUT2D eigenvalue weighted by Gasteiger charge is -2.12. The maximum absolute atomic E-state index is 5.90. The van der Waals surface area contributed by atoms with Crippen molar-refractivity contribution < 1.29 is 9.47 Å². The molecule has 0 aromatic heterocycles. The van der Waals surface area contributed by atoms with E-state index >= 15 is 0 Å². The van der Waals surface area contributed by atoms with Crippen LogP contribution in [0.25, 0.3) is 0 Å². The van der Waals surface area contributed by atoms with Crippen LogP contribution in [0, 0.1) is 25.7 Å². The highest BCUT2D eigenvalue weighted by Crippen LogP contribution is 2.26. The predicted molar refractivity (Wildman–Crippen MR) is 98.1 cm³/mol. The van der Waals surface area contributed by atoms with Crippen LogP contribution in [0.3, 0.4) is 0 Å². The molecule has 0 N–H and O–H groups in total. The molecule has 0 saturated heterocycles. The van der Waals surface area contributed by atoms with Crippen LogP contribution in [-0.4, -0.2) is 37.1 Å². The second kappa shape index (κ2) is 6.58. The Morgan fingerprint density at radius 1 is 0.833 bits per heavy atom. The van der Waals surface area contributed by atoms with E-state index in [9.17, 15) is 0 Å². The van der Waals surface area contributed by atoms with Crippen molar-refractivity contribution in [1.29, 1.82) is 0 Å². The van der Waals surface area contributed by atoms with E-state index < -0.39 is 0 Å². The molecule has 1 aromatic carbocycles. The van der Waals surface area contributed by atoms with Crippen LogP contribution in [0.5, 0.6) is 0 Å². The van der Waals surface area contributed by atoms with Crippen molar-refractivity contribution in [3.8, 4) is 0 Å². The fourth-order valence-corrected chi connectivity index (χ4v) is 3.06. The largest absolute Gasteiger partial charge is 0.475 e. The standard InChI is InChI=1S/C20H28N2O2/c1-11(2)17-9-23-19(21-17)15-7-13(5)8-16(14(15)6)20-22-18(10-24-20)12(3)4/h7-8,11-12,17-18H,9-10H2,1-6H3/t17-,18-/m0/s1. The third-order valence-corrected chi connectivity index (χ3v) is 4.90. The summed E-state index contributed by atoms with van der Waals surface area (Å²) in [6.45, 7) is 14.3.